The van der Waals surface area contributed by atoms with E-state index in [1.54, 1.807) is 7.11 Å². The van der Waals surface area contributed by atoms with Crippen LogP contribution in [0.5, 0.6) is 0 Å². The second-order valence-electron chi connectivity index (χ2n) is 6.22. The lowest BCUT2D eigenvalue weighted by Gasteiger charge is -2.34. The molecule has 1 aromatic rings. The maximum Gasteiger partial charge on any atom is 0.282 e. The van der Waals surface area contributed by atoms with Crippen LogP contribution < -0.4 is 0 Å². The summed E-state index contributed by atoms with van der Waals surface area (Å²) in [6.07, 6.45) is 5.52. The number of methoxy groups -OCH3 is 1. The number of benzene rings is 1. The third kappa shape index (κ3) is 5.90. The summed E-state index contributed by atoms with van der Waals surface area (Å²) in [5.41, 5.74) is 1.02. The Labute approximate surface area is 150 Å². The molecule has 7 heteroatoms. The van der Waals surface area contributed by atoms with Gasteiger partial charge in [0.15, 0.2) is 0 Å². The normalized spacial score (nSPS) is 19.7. The van der Waals surface area contributed by atoms with Crippen LogP contribution in [-0.2, 0) is 14.9 Å². The van der Waals surface area contributed by atoms with Crippen molar-refractivity contribution in [3.05, 3.63) is 42.0 Å². The Morgan fingerprint density at radius 1 is 1.36 bits per heavy atom. The van der Waals surface area contributed by atoms with Crippen LogP contribution in [-0.4, -0.2) is 68.6 Å². The van der Waals surface area contributed by atoms with Crippen LogP contribution in [0.4, 0.5) is 0 Å². The second kappa shape index (κ2) is 10.0. The molecule has 1 atom stereocenters. The lowest BCUT2D eigenvalue weighted by atomic mass is 10.0. The Morgan fingerprint density at radius 2 is 2.12 bits per heavy atom. The topological polar surface area (TPSA) is 70.1 Å². The predicted molar refractivity (Wildman–Crippen MR) is 99.2 cm³/mol. The largest absolute Gasteiger partial charge is 0.395 e. The minimum absolute atomic E-state index is 0.0902. The van der Waals surface area contributed by atoms with Crippen molar-refractivity contribution in [1.82, 2.24) is 8.61 Å². The number of hydrogen-bond donors (Lipinski definition) is 1. The summed E-state index contributed by atoms with van der Waals surface area (Å²) in [4.78, 5) is 0. The molecule has 0 bridgehead atoms. The van der Waals surface area contributed by atoms with Gasteiger partial charge in [0.05, 0.1) is 13.2 Å². The molecule has 1 aromatic carbocycles. The first-order valence-electron chi connectivity index (χ1n) is 8.64. The van der Waals surface area contributed by atoms with Crippen molar-refractivity contribution in [2.45, 2.75) is 12.8 Å². The molecule has 6 nitrogen and oxygen atoms in total. The Bertz CT molecular complexity index is 632. The summed E-state index contributed by atoms with van der Waals surface area (Å²) in [6.45, 7) is 1.69. The van der Waals surface area contributed by atoms with E-state index in [0.717, 1.165) is 18.4 Å². The van der Waals surface area contributed by atoms with Crippen LogP contribution >= 0.6 is 0 Å². The Balaban J connectivity index is 2.04. The summed E-state index contributed by atoms with van der Waals surface area (Å²) >= 11 is 0. The van der Waals surface area contributed by atoms with E-state index in [0.29, 0.717) is 19.7 Å². The number of piperidine rings is 1. The molecule has 0 aromatic heterocycles. The zero-order valence-corrected chi connectivity index (χ0v) is 15.6. The summed E-state index contributed by atoms with van der Waals surface area (Å²) < 4.78 is 33.9. The van der Waals surface area contributed by atoms with Gasteiger partial charge in [0.25, 0.3) is 10.2 Å². The quantitative estimate of drug-likeness (QED) is 0.719. The van der Waals surface area contributed by atoms with Crippen molar-refractivity contribution < 1.29 is 18.3 Å². The van der Waals surface area contributed by atoms with E-state index in [9.17, 15) is 13.5 Å². The van der Waals surface area contributed by atoms with Gasteiger partial charge in [-0.1, -0.05) is 42.5 Å². The molecule has 1 N–H and O–H groups in total. The van der Waals surface area contributed by atoms with E-state index in [4.69, 9.17) is 4.74 Å². The molecule has 1 aliphatic rings. The Kier molecular flexibility index (Phi) is 8.05. The lowest BCUT2D eigenvalue weighted by Crippen LogP contribution is -2.49. The smallest absolute Gasteiger partial charge is 0.282 e. The highest BCUT2D eigenvalue weighted by atomic mass is 32.2. The van der Waals surface area contributed by atoms with E-state index >= 15 is 0 Å². The molecule has 0 radical (unpaired) electrons. The number of aliphatic hydroxyl groups excluding tert-OH is 1. The summed E-state index contributed by atoms with van der Waals surface area (Å²) in [6, 6.07) is 9.73. The maximum absolute atomic E-state index is 12.9. The van der Waals surface area contributed by atoms with Crippen LogP contribution in [0, 0.1) is 5.92 Å². The van der Waals surface area contributed by atoms with Gasteiger partial charge >= 0.3 is 0 Å². The molecule has 1 fully saturated rings. The molecule has 2 rings (SSSR count). The van der Waals surface area contributed by atoms with E-state index in [2.05, 4.69) is 0 Å². The van der Waals surface area contributed by atoms with Gasteiger partial charge in [-0.05, 0) is 24.3 Å². The highest BCUT2D eigenvalue weighted by Crippen LogP contribution is 2.21. The number of ether oxygens (including phenoxy) is 1. The zero-order chi connectivity index (χ0) is 18.1. The fourth-order valence-electron chi connectivity index (χ4n) is 3.05. The second-order valence-corrected chi connectivity index (χ2v) is 8.15. The van der Waals surface area contributed by atoms with Gasteiger partial charge in [0.1, 0.15) is 0 Å². The number of hydrogen-bond acceptors (Lipinski definition) is 4. The third-order valence-corrected chi connectivity index (χ3v) is 6.27. The average molecular weight is 368 g/mol. The van der Waals surface area contributed by atoms with Gasteiger partial charge in [-0.25, -0.2) is 0 Å². The SMILES string of the molecule is COCC1CCCN(S(=O)(=O)N(C/C=C/c2ccccc2)CCO)C1. The third-order valence-electron chi connectivity index (χ3n) is 4.30. The van der Waals surface area contributed by atoms with E-state index in [-0.39, 0.29) is 25.6 Å². The first-order chi connectivity index (χ1) is 12.1. The Morgan fingerprint density at radius 3 is 2.80 bits per heavy atom. The molecule has 0 aliphatic carbocycles. The van der Waals surface area contributed by atoms with Crippen LogP contribution in [0.2, 0.25) is 0 Å². The molecular weight excluding hydrogens is 340 g/mol. The molecular formula is C18H28N2O4S. The average Bonchev–Trinajstić information content (AvgIpc) is 2.62. The van der Waals surface area contributed by atoms with Crippen molar-refractivity contribution in [2.24, 2.45) is 5.92 Å². The van der Waals surface area contributed by atoms with E-state index in [1.807, 2.05) is 42.5 Å². The van der Waals surface area contributed by atoms with Crippen molar-refractivity contribution in [3.8, 4) is 0 Å². The van der Waals surface area contributed by atoms with Crippen LogP contribution in [0.1, 0.15) is 18.4 Å². The molecule has 1 unspecified atom stereocenters. The van der Waals surface area contributed by atoms with Gasteiger partial charge in [0, 0.05) is 33.3 Å². The molecule has 1 aliphatic heterocycles. The molecule has 140 valence electrons. The number of nitrogens with zero attached hydrogens (tertiary/aromatic N) is 2. The van der Waals surface area contributed by atoms with Crippen molar-refractivity contribution in [3.63, 3.8) is 0 Å². The van der Waals surface area contributed by atoms with Gasteiger partial charge in [-0.2, -0.15) is 17.0 Å². The van der Waals surface area contributed by atoms with Crippen LogP contribution in [0.3, 0.4) is 0 Å². The van der Waals surface area contributed by atoms with E-state index < -0.39 is 10.2 Å². The Hall–Kier alpha value is -1.25. The first kappa shape index (κ1) is 20.1. The van der Waals surface area contributed by atoms with Crippen LogP contribution in [0.15, 0.2) is 36.4 Å². The minimum Gasteiger partial charge on any atom is -0.395 e. The number of rotatable bonds is 9. The van der Waals surface area contributed by atoms with Gasteiger partial charge in [-0.3, -0.25) is 0 Å². The van der Waals surface area contributed by atoms with Crippen LogP contribution in [0.25, 0.3) is 6.08 Å². The summed E-state index contributed by atoms with van der Waals surface area (Å²) in [5, 5.41) is 9.28. The lowest BCUT2D eigenvalue weighted by molar-refractivity contribution is 0.116. The van der Waals surface area contributed by atoms with Crippen molar-refractivity contribution in [2.75, 3.05) is 46.5 Å². The number of aliphatic hydroxyl groups is 1. The summed E-state index contributed by atoms with van der Waals surface area (Å²) in [7, 11) is -1.95. The fraction of sp³-hybridized carbons (Fsp3) is 0.556. The van der Waals surface area contributed by atoms with E-state index in [1.165, 1.54) is 8.61 Å². The van der Waals surface area contributed by atoms with Crippen molar-refractivity contribution in [1.29, 1.82) is 0 Å². The molecule has 25 heavy (non-hydrogen) atoms. The monoisotopic (exact) mass is 368 g/mol. The minimum atomic E-state index is -3.59. The van der Waals surface area contributed by atoms with Gasteiger partial charge < -0.3 is 9.84 Å². The fourth-order valence-corrected chi connectivity index (χ4v) is 4.73. The molecule has 0 saturated carbocycles. The highest BCUT2D eigenvalue weighted by Gasteiger charge is 2.32. The molecule has 1 heterocycles. The molecule has 1 saturated heterocycles. The molecule has 0 spiro atoms. The van der Waals surface area contributed by atoms with Crippen molar-refractivity contribution >= 4 is 16.3 Å². The van der Waals surface area contributed by atoms with Gasteiger partial charge in [0.2, 0.25) is 0 Å². The predicted octanol–water partition coefficient (Wildman–Crippen LogP) is 1.60. The maximum atomic E-state index is 12.9. The zero-order valence-electron chi connectivity index (χ0n) is 14.8. The first-order valence-corrected chi connectivity index (χ1v) is 10.0. The molecule has 0 amide bonds. The highest BCUT2D eigenvalue weighted by molar-refractivity contribution is 7.86. The standard InChI is InChI=1S/C18H28N2O4S/c1-24-16-18-10-6-12-20(15-18)25(22,23)19(13-14-21)11-5-9-17-7-3-2-4-8-17/h2-5,7-9,18,21H,6,10-16H2,1H3/b9-5+. The van der Waals surface area contributed by atoms with Gasteiger partial charge in [-0.15, -0.1) is 0 Å². The summed E-state index contributed by atoms with van der Waals surface area (Å²) in [5.74, 6) is 0.226.